The van der Waals surface area contributed by atoms with E-state index in [-0.39, 0.29) is 0 Å². The summed E-state index contributed by atoms with van der Waals surface area (Å²) in [5.41, 5.74) is 3.31. The molecule has 0 N–H and O–H groups in total. The monoisotopic (exact) mass is 297 g/mol. The zero-order valence-electron chi connectivity index (χ0n) is 12.1. The zero-order valence-corrected chi connectivity index (χ0v) is 12.1. The third-order valence-electron chi connectivity index (χ3n) is 4.07. The van der Waals surface area contributed by atoms with Crippen LogP contribution in [0.4, 0.5) is 0 Å². The number of furan rings is 1. The molecule has 0 aliphatic rings. The highest BCUT2D eigenvalue weighted by Gasteiger charge is 2.11. The summed E-state index contributed by atoms with van der Waals surface area (Å²) in [5.74, 6) is 0. The van der Waals surface area contributed by atoms with Gasteiger partial charge in [-0.1, -0.05) is 18.2 Å². The molecule has 1 aromatic carbocycles. The first kappa shape index (κ1) is 12.3. The quantitative estimate of drug-likeness (QED) is 0.454. The van der Waals surface area contributed by atoms with Gasteiger partial charge in [0.05, 0.1) is 17.6 Å². The van der Waals surface area contributed by atoms with Gasteiger partial charge in [0, 0.05) is 34.7 Å². The predicted molar refractivity (Wildman–Crippen MR) is 90.0 cm³/mol. The van der Waals surface area contributed by atoms with Crippen LogP contribution in [0.3, 0.4) is 0 Å². The minimum absolute atomic E-state index is 0.785. The Hall–Kier alpha value is -3.27. The van der Waals surface area contributed by atoms with Crippen LogP contribution in [0, 0.1) is 0 Å². The van der Waals surface area contributed by atoms with Gasteiger partial charge in [0.15, 0.2) is 5.58 Å². The van der Waals surface area contributed by atoms with E-state index in [0.29, 0.717) is 0 Å². The Labute approximate surface area is 131 Å². The molecule has 0 fully saturated rings. The molecule has 4 heteroatoms. The number of hydrogen-bond acceptors (Lipinski definition) is 4. The van der Waals surface area contributed by atoms with Gasteiger partial charge in [0.25, 0.3) is 0 Å². The molecule has 0 aliphatic carbocycles. The van der Waals surface area contributed by atoms with Crippen molar-refractivity contribution in [3.8, 4) is 11.4 Å². The second kappa shape index (κ2) is 4.61. The van der Waals surface area contributed by atoms with Crippen LogP contribution < -0.4 is 0 Å². The summed E-state index contributed by atoms with van der Waals surface area (Å²) in [7, 11) is 0. The number of rotatable bonds is 1. The molecule has 5 aromatic rings. The Kier molecular flexibility index (Phi) is 2.46. The third kappa shape index (κ3) is 1.82. The van der Waals surface area contributed by atoms with Crippen LogP contribution in [-0.2, 0) is 0 Å². The molecule has 23 heavy (non-hydrogen) atoms. The fourth-order valence-corrected chi connectivity index (χ4v) is 2.97. The van der Waals surface area contributed by atoms with Crippen molar-refractivity contribution in [3.05, 3.63) is 67.3 Å². The number of hydrogen-bond donors (Lipinski definition) is 0. The Morgan fingerprint density at radius 3 is 2.65 bits per heavy atom. The molecular formula is C19H11N3O. The number of para-hydroxylation sites is 1. The number of nitrogens with zero attached hydrogens (tertiary/aromatic N) is 3. The fraction of sp³-hybridized carbons (Fsp3) is 0. The van der Waals surface area contributed by atoms with Crippen molar-refractivity contribution in [1.82, 2.24) is 15.0 Å². The summed E-state index contributed by atoms with van der Waals surface area (Å²) >= 11 is 0. The Bertz CT molecular complexity index is 1170. The molecule has 5 rings (SSSR count). The first-order chi connectivity index (χ1) is 11.4. The summed E-state index contributed by atoms with van der Waals surface area (Å²) < 4.78 is 5.84. The van der Waals surface area contributed by atoms with E-state index >= 15 is 0 Å². The van der Waals surface area contributed by atoms with Gasteiger partial charge in [-0.05, 0) is 29.7 Å². The van der Waals surface area contributed by atoms with Crippen LogP contribution in [0.2, 0.25) is 0 Å². The second-order valence-corrected chi connectivity index (χ2v) is 5.42. The summed E-state index contributed by atoms with van der Waals surface area (Å²) in [4.78, 5) is 13.3. The highest BCUT2D eigenvalue weighted by Crippen LogP contribution is 2.32. The predicted octanol–water partition coefficient (Wildman–Crippen LogP) is 4.59. The van der Waals surface area contributed by atoms with E-state index in [2.05, 4.69) is 21.0 Å². The topological polar surface area (TPSA) is 51.8 Å². The van der Waals surface area contributed by atoms with Gasteiger partial charge < -0.3 is 4.42 Å². The van der Waals surface area contributed by atoms with Crippen molar-refractivity contribution < 1.29 is 4.42 Å². The van der Waals surface area contributed by atoms with Gasteiger partial charge in [0.1, 0.15) is 5.58 Å². The third-order valence-corrected chi connectivity index (χ3v) is 4.07. The molecule has 0 bridgehead atoms. The molecule has 0 atom stereocenters. The molecule has 0 spiro atoms. The smallest absolute Gasteiger partial charge is 0.153 e. The van der Waals surface area contributed by atoms with Crippen LogP contribution in [-0.4, -0.2) is 15.0 Å². The fourth-order valence-electron chi connectivity index (χ4n) is 2.97. The van der Waals surface area contributed by atoms with E-state index in [4.69, 9.17) is 4.42 Å². The summed E-state index contributed by atoms with van der Waals surface area (Å²) in [6, 6.07) is 14.0. The lowest BCUT2D eigenvalue weighted by molar-refractivity contribution is 0.667. The molecule has 108 valence electrons. The average Bonchev–Trinajstić information content (AvgIpc) is 2.99. The molecule has 4 aromatic heterocycles. The highest BCUT2D eigenvalue weighted by molar-refractivity contribution is 6.06. The standard InChI is InChI=1S/C19H11N3O/c1-2-4-17-13(3-1)14-9-16(22-11-18(14)23-17)19-15-10-20-7-5-12(15)6-8-21-19/h1-11H. The zero-order chi connectivity index (χ0) is 15.2. The maximum Gasteiger partial charge on any atom is 0.153 e. The Morgan fingerprint density at radius 1 is 0.739 bits per heavy atom. The summed E-state index contributed by atoms with van der Waals surface area (Å²) in [5, 5.41) is 4.23. The lowest BCUT2D eigenvalue weighted by atomic mass is 10.1. The normalized spacial score (nSPS) is 11.5. The van der Waals surface area contributed by atoms with Gasteiger partial charge in [0.2, 0.25) is 0 Å². The van der Waals surface area contributed by atoms with Crippen molar-refractivity contribution in [2.75, 3.05) is 0 Å². The van der Waals surface area contributed by atoms with Gasteiger partial charge in [-0.25, -0.2) is 0 Å². The van der Waals surface area contributed by atoms with Crippen molar-refractivity contribution in [2.45, 2.75) is 0 Å². The molecule has 4 nitrogen and oxygen atoms in total. The van der Waals surface area contributed by atoms with E-state index in [1.165, 1.54) is 0 Å². The van der Waals surface area contributed by atoms with Crippen LogP contribution in [0.25, 0.3) is 44.1 Å². The maximum atomic E-state index is 5.84. The maximum absolute atomic E-state index is 5.84. The Balaban J connectivity index is 1.84. The minimum atomic E-state index is 0.785. The van der Waals surface area contributed by atoms with Gasteiger partial charge in [-0.15, -0.1) is 0 Å². The number of pyridine rings is 3. The van der Waals surface area contributed by atoms with Gasteiger partial charge in [-0.3, -0.25) is 15.0 Å². The number of aromatic nitrogens is 3. The number of benzene rings is 1. The molecule has 0 aliphatic heterocycles. The summed E-state index contributed by atoms with van der Waals surface area (Å²) in [6.07, 6.45) is 7.18. The Morgan fingerprint density at radius 2 is 1.65 bits per heavy atom. The first-order valence-corrected chi connectivity index (χ1v) is 7.36. The average molecular weight is 297 g/mol. The van der Waals surface area contributed by atoms with Gasteiger partial charge in [-0.2, -0.15) is 0 Å². The van der Waals surface area contributed by atoms with Crippen molar-refractivity contribution in [2.24, 2.45) is 0 Å². The molecule has 0 radical (unpaired) electrons. The van der Waals surface area contributed by atoms with Gasteiger partial charge >= 0.3 is 0 Å². The SMILES string of the molecule is c1ccc2c(c1)oc1cnc(-c3nccc4ccncc34)cc12. The van der Waals surface area contributed by atoms with Crippen molar-refractivity contribution in [1.29, 1.82) is 0 Å². The van der Waals surface area contributed by atoms with E-state index < -0.39 is 0 Å². The van der Waals surface area contributed by atoms with Crippen LogP contribution >= 0.6 is 0 Å². The molecular weight excluding hydrogens is 286 g/mol. The molecule has 0 saturated heterocycles. The molecule has 0 unspecified atom stereocenters. The number of fused-ring (bicyclic) bond motifs is 4. The van der Waals surface area contributed by atoms with E-state index in [1.807, 2.05) is 42.6 Å². The highest BCUT2D eigenvalue weighted by atomic mass is 16.3. The van der Waals surface area contributed by atoms with Crippen LogP contribution in [0.5, 0.6) is 0 Å². The lowest BCUT2D eigenvalue weighted by Crippen LogP contribution is -1.89. The summed E-state index contributed by atoms with van der Waals surface area (Å²) in [6.45, 7) is 0. The van der Waals surface area contributed by atoms with Crippen LogP contribution in [0.15, 0.2) is 71.7 Å². The molecule has 0 saturated carbocycles. The van der Waals surface area contributed by atoms with Crippen molar-refractivity contribution >= 4 is 32.7 Å². The minimum Gasteiger partial charge on any atom is -0.454 e. The van der Waals surface area contributed by atoms with E-state index in [9.17, 15) is 0 Å². The van der Waals surface area contributed by atoms with E-state index in [0.717, 1.165) is 44.1 Å². The lowest BCUT2D eigenvalue weighted by Gasteiger charge is -2.04. The van der Waals surface area contributed by atoms with Crippen molar-refractivity contribution in [3.63, 3.8) is 0 Å². The first-order valence-electron chi connectivity index (χ1n) is 7.36. The largest absolute Gasteiger partial charge is 0.454 e. The molecule has 4 heterocycles. The second-order valence-electron chi connectivity index (χ2n) is 5.42. The van der Waals surface area contributed by atoms with Crippen LogP contribution in [0.1, 0.15) is 0 Å². The van der Waals surface area contributed by atoms with E-state index in [1.54, 1.807) is 18.6 Å². The molecule has 0 amide bonds.